The molecule has 0 saturated carbocycles. The molecule has 0 radical (unpaired) electrons. The van der Waals surface area contributed by atoms with Gasteiger partial charge in [-0.15, -0.1) is 0 Å². The molecule has 0 atom stereocenters. The minimum absolute atomic E-state index is 0.601. The molecule has 0 unspecified atom stereocenters. The summed E-state index contributed by atoms with van der Waals surface area (Å²) in [5.41, 5.74) is -1.21. The fourth-order valence-corrected chi connectivity index (χ4v) is 5.43. The summed E-state index contributed by atoms with van der Waals surface area (Å²) >= 11 is 0. The van der Waals surface area contributed by atoms with E-state index < -0.39 is 48.8 Å². The van der Waals surface area contributed by atoms with Gasteiger partial charge in [0.1, 0.15) is 0 Å². The zero-order chi connectivity index (χ0) is 18.1. The van der Waals surface area contributed by atoms with E-state index >= 15 is 0 Å². The highest BCUT2D eigenvalue weighted by molar-refractivity contribution is 8.67. The summed E-state index contributed by atoms with van der Waals surface area (Å²) in [7, 11) is -10.1. The molecule has 24 heavy (non-hydrogen) atoms. The van der Waals surface area contributed by atoms with Crippen LogP contribution in [0.15, 0.2) is 58.3 Å². The van der Waals surface area contributed by atoms with Gasteiger partial charge in [0.15, 0.2) is 0 Å². The zero-order valence-electron chi connectivity index (χ0n) is 11.6. The molecule has 0 amide bonds. The molecule has 0 spiro atoms. The topological polar surface area (TPSA) is 155 Å². The van der Waals surface area contributed by atoms with Crippen LogP contribution in [-0.4, -0.2) is 26.7 Å². The molecule has 0 aliphatic carbocycles. The first kappa shape index (κ1) is 17.5. The number of hydrogen-bond acceptors (Lipinski definition) is 8. The fraction of sp³-hybridized carbons (Fsp3) is 0. The second kappa shape index (κ2) is 5.98. The van der Waals surface area contributed by atoms with Crippen molar-refractivity contribution in [3.05, 3.63) is 68.8 Å². The van der Waals surface area contributed by atoms with Gasteiger partial charge in [-0.05, 0) is 12.1 Å². The van der Waals surface area contributed by atoms with E-state index in [1.165, 1.54) is 0 Å². The van der Waals surface area contributed by atoms with E-state index in [4.69, 9.17) is 0 Å². The molecule has 126 valence electrons. The lowest BCUT2D eigenvalue weighted by molar-refractivity contribution is -0.385. The molecule has 0 bridgehead atoms. The van der Waals surface area contributed by atoms with Crippen LogP contribution in [0.5, 0.6) is 0 Å². The van der Waals surface area contributed by atoms with Crippen LogP contribution in [0.4, 0.5) is 11.4 Å². The van der Waals surface area contributed by atoms with Gasteiger partial charge >= 0.3 is 0 Å². The maximum absolute atomic E-state index is 12.3. The molecule has 12 heteroatoms. The highest BCUT2D eigenvalue weighted by Gasteiger charge is 2.35. The number of nitrogens with zero attached hydrogens (tertiary/aromatic N) is 2. The summed E-state index contributed by atoms with van der Waals surface area (Å²) in [4.78, 5) is 18.1. The van der Waals surface area contributed by atoms with Crippen molar-refractivity contribution in [1.82, 2.24) is 0 Å². The van der Waals surface area contributed by atoms with Crippen LogP contribution >= 0.6 is 0 Å². The number of rotatable bonds is 5. The molecule has 0 aliphatic heterocycles. The fourth-order valence-electron chi connectivity index (χ4n) is 1.76. The second-order valence-corrected chi connectivity index (χ2v) is 9.81. The normalized spacial score (nSPS) is 11.8. The molecular weight excluding hydrogens is 364 g/mol. The Labute approximate surface area is 134 Å². The van der Waals surface area contributed by atoms with Gasteiger partial charge in [-0.3, -0.25) is 20.2 Å². The predicted octanol–water partition coefficient (Wildman–Crippen LogP) is 1.67. The standard InChI is InChI=1S/C12H8N2O8S2/c15-13(16)9-3-1-5-11(7-9)23(19,20)24(21,22)12-6-2-4-10(8-12)14(17)18/h1-8H. The van der Waals surface area contributed by atoms with Gasteiger partial charge in [0.05, 0.1) is 19.6 Å². The Hall–Kier alpha value is -2.86. The van der Waals surface area contributed by atoms with Crippen LogP contribution in [0.2, 0.25) is 0 Å². The molecule has 2 aromatic rings. The van der Waals surface area contributed by atoms with E-state index in [0.29, 0.717) is 12.1 Å². The highest BCUT2D eigenvalue weighted by Crippen LogP contribution is 2.28. The van der Waals surface area contributed by atoms with Crippen LogP contribution in [0.3, 0.4) is 0 Å². The molecular formula is C12H8N2O8S2. The van der Waals surface area contributed by atoms with Crippen molar-refractivity contribution in [2.75, 3.05) is 0 Å². The lowest BCUT2D eigenvalue weighted by atomic mass is 10.3. The summed E-state index contributed by atoms with van der Waals surface area (Å²) in [6, 6.07) is 7.02. The summed E-state index contributed by atoms with van der Waals surface area (Å²) in [6.07, 6.45) is 0. The SMILES string of the molecule is O=[N+]([O-])c1cccc(S(=O)(=O)S(=O)(=O)c2cccc([N+](=O)[O-])c2)c1. The Bertz CT molecular complexity index is 959. The molecule has 10 nitrogen and oxygen atoms in total. The van der Waals surface area contributed by atoms with Gasteiger partial charge in [-0.25, -0.2) is 16.8 Å². The molecule has 2 aromatic carbocycles. The first-order chi connectivity index (χ1) is 11.1. The first-order valence-electron chi connectivity index (χ1n) is 6.06. The highest BCUT2D eigenvalue weighted by atomic mass is 33.2. The van der Waals surface area contributed by atoms with Crippen LogP contribution in [0.1, 0.15) is 0 Å². The van der Waals surface area contributed by atoms with Crippen molar-refractivity contribution in [1.29, 1.82) is 0 Å². The van der Waals surface area contributed by atoms with Gasteiger partial charge < -0.3 is 0 Å². The van der Waals surface area contributed by atoms with Crippen LogP contribution in [-0.2, 0) is 17.7 Å². The van der Waals surface area contributed by atoms with Gasteiger partial charge in [0, 0.05) is 24.3 Å². The smallest absolute Gasteiger partial charge is 0.258 e. The summed E-state index contributed by atoms with van der Waals surface area (Å²) < 4.78 is 49.3. The minimum atomic E-state index is -5.04. The Morgan fingerprint density at radius 2 is 1.00 bits per heavy atom. The van der Waals surface area contributed by atoms with E-state index in [-0.39, 0.29) is 0 Å². The van der Waals surface area contributed by atoms with E-state index in [9.17, 15) is 37.1 Å². The molecule has 0 N–H and O–H groups in total. The van der Waals surface area contributed by atoms with Gasteiger partial charge in [-0.1, -0.05) is 12.1 Å². The average molecular weight is 372 g/mol. The second-order valence-electron chi connectivity index (χ2n) is 4.42. The predicted molar refractivity (Wildman–Crippen MR) is 80.6 cm³/mol. The van der Waals surface area contributed by atoms with Crippen LogP contribution in [0.25, 0.3) is 0 Å². The molecule has 0 aliphatic rings. The van der Waals surface area contributed by atoms with Crippen molar-refractivity contribution in [2.45, 2.75) is 9.79 Å². The molecule has 0 saturated heterocycles. The summed E-state index contributed by atoms with van der Waals surface area (Å²) in [5.74, 6) is 0. The zero-order valence-corrected chi connectivity index (χ0v) is 13.2. The first-order valence-corrected chi connectivity index (χ1v) is 9.54. The average Bonchev–Trinajstić information content (AvgIpc) is 2.54. The van der Waals surface area contributed by atoms with E-state index in [1.807, 2.05) is 0 Å². The maximum Gasteiger partial charge on any atom is 0.286 e. The summed E-state index contributed by atoms with van der Waals surface area (Å²) in [5, 5.41) is 21.4. The quantitative estimate of drug-likeness (QED) is 0.436. The van der Waals surface area contributed by atoms with E-state index in [0.717, 1.165) is 36.4 Å². The number of nitro groups is 2. The summed E-state index contributed by atoms with van der Waals surface area (Å²) in [6.45, 7) is 0. The van der Waals surface area contributed by atoms with E-state index in [1.54, 1.807) is 0 Å². The Morgan fingerprint density at radius 1 is 0.667 bits per heavy atom. The van der Waals surface area contributed by atoms with Crippen molar-refractivity contribution in [3.8, 4) is 0 Å². The molecule has 2 rings (SSSR count). The maximum atomic E-state index is 12.3. The van der Waals surface area contributed by atoms with Gasteiger partial charge in [-0.2, -0.15) is 0 Å². The number of hydrogen-bond donors (Lipinski definition) is 0. The largest absolute Gasteiger partial charge is 0.286 e. The van der Waals surface area contributed by atoms with E-state index in [2.05, 4.69) is 0 Å². The Kier molecular flexibility index (Phi) is 4.36. The Morgan fingerprint density at radius 3 is 1.29 bits per heavy atom. The van der Waals surface area contributed by atoms with Crippen molar-refractivity contribution in [2.24, 2.45) is 0 Å². The third-order valence-corrected chi connectivity index (χ3v) is 8.05. The monoisotopic (exact) mass is 372 g/mol. The van der Waals surface area contributed by atoms with Crippen molar-refractivity contribution in [3.63, 3.8) is 0 Å². The van der Waals surface area contributed by atoms with Crippen molar-refractivity contribution >= 4 is 29.1 Å². The Balaban J connectivity index is 2.64. The van der Waals surface area contributed by atoms with Gasteiger partial charge in [0.25, 0.3) is 29.1 Å². The lowest BCUT2D eigenvalue weighted by Crippen LogP contribution is -2.16. The molecule has 0 fully saturated rings. The lowest BCUT2D eigenvalue weighted by Gasteiger charge is -2.06. The number of benzene rings is 2. The third kappa shape index (κ3) is 2.96. The van der Waals surface area contributed by atoms with Crippen LogP contribution in [0, 0.1) is 20.2 Å². The van der Waals surface area contributed by atoms with Gasteiger partial charge in [0.2, 0.25) is 0 Å². The minimum Gasteiger partial charge on any atom is -0.258 e. The molecule has 0 aromatic heterocycles. The van der Waals surface area contributed by atoms with Crippen molar-refractivity contribution < 1.29 is 26.7 Å². The van der Waals surface area contributed by atoms with Crippen LogP contribution < -0.4 is 0 Å². The third-order valence-electron chi connectivity index (χ3n) is 2.92. The number of non-ortho nitro benzene ring substituents is 2. The molecule has 0 heterocycles. The number of nitro benzene ring substituents is 2.